The molecule has 138 valence electrons. The average molecular weight is 359 g/mol. The summed E-state index contributed by atoms with van der Waals surface area (Å²) in [6.07, 6.45) is 3.01. The van der Waals surface area contributed by atoms with E-state index >= 15 is 0 Å². The van der Waals surface area contributed by atoms with Crippen molar-refractivity contribution in [3.8, 4) is 0 Å². The first-order valence-electron chi connectivity index (χ1n) is 8.68. The molecule has 4 rings (SSSR count). The molecule has 4 heterocycles. The van der Waals surface area contributed by atoms with Crippen LogP contribution < -0.4 is 4.90 Å². The lowest BCUT2D eigenvalue weighted by Crippen LogP contribution is -2.44. The Hall–Kier alpha value is -2.52. The zero-order chi connectivity index (χ0) is 17.9. The second kappa shape index (κ2) is 7.38. The van der Waals surface area contributed by atoms with Crippen LogP contribution in [-0.4, -0.2) is 71.8 Å². The number of ether oxygens (including phenoxy) is 2. The summed E-state index contributed by atoms with van der Waals surface area (Å²) in [5.74, 6) is 1.45. The van der Waals surface area contributed by atoms with Crippen molar-refractivity contribution >= 4 is 11.7 Å². The molecule has 2 aliphatic heterocycles. The Kier molecular flexibility index (Phi) is 4.81. The summed E-state index contributed by atoms with van der Waals surface area (Å²) in [6.45, 7) is 5.97. The second-order valence-electron chi connectivity index (χ2n) is 6.23. The fourth-order valence-corrected chi connectivity index (χ4v) is 3.19. The molecule has 2 aromatic heterocycles. The number of amides is 1. The number of oxazole rings is 1. The van der Waals surface area contributed by atoms with Crippen molar-refractivity contribution in [1.29, 1.82) is 0 Å². The molecule has 0 unspecified atom stereocenters. The SMILES string of the molecule is Cc1ncoc1C(=O)N1CCOC[C@@H]1c1nccc(N2CCOCC2)n1. The van der Waals surface area contributed by atoms with Crippen LogP contribution in [0.5, 0.6) is 0 Å². The van der Waals surface area contributed by atoms with Gasteiger partial charge in [0.25, 0.3) is 5.91 Å². The van der Waals surface area contributed by atoms with Gasteiger partial charge in [-0.1, -0.05) is 0 Å². The molecule has 2 aromatic rings. The first-order chi connectivity index (χ1) is 12.7. The van der Waals surface area contributed by atoms with Crippen LogP contribution in [0.4, 0.5) is 5.82 Å². The zero-order valence-corrected chi connectivity index (χ0v) is 14.6. The van der Waals surface area contributed by atoms with Gasteiger partial charge in [0, 0.05) is 25.8 Å². The predicted molar refractivity (Wildman–Crippen MR) is 90.9 cm³/mol. The van der Waals surface area contributed by atoms with Crippen molar-refractivity contribution < 1.29 is 18.7 Å². The molecule has 0 aromatic carbocycles. The van der Waals surface area contributed by atoms with E-state index < -0.39 is 0 Å². The minimum atomic E-state index is -0.359. The van der Waals surface area contributed by atoms with E-state index in [1.165, 1.54) is 6.39 Å². The Labute approximate surface area is 150 Å². The van der Waals surface area contributed by atoms with Gasteiger partial charge in [0.1, 0.15) is 11.9 Å². The normalized spacial score (nSPS) is 21.0. The van der Waals surface area contributed by atoms with Crippen molar-refractivity contribution in [2.24, 2.45) is 0 Å². The second-order valence-corrected chi connectivity index (χ2v) is 6.23. The molecule has 9 heteroatoms. The number of aromatic nitrogens is 3. The van der Waals surface area contributed by atoms with Crippen LogP contribution >= 0.6 is 0 Å². The Balaban J connectivity index is 1.60. The summed E-state index contributed by atoms with van der Waals surface area (Å²) in [4.78, 5) is 29.9. The molecule has 0 saturated carbocycles. The lowest BCUT2D eigenvalue weighted by atomic mass is 10.2. The number of carbonyl (C=O) groups is 1. The molecule has 0 N–H and O–H groups in total. The lowest BCUT2D eigenvalue weighted by Gasteiger charge is -2.34. The number of rotatable bonds is 3. The largest absolute Gasteiger partial charge is 0.438 e. The maximum absolute atomic E-state index is 12.9. The first kappa shape index (κ1) is 16.9. The highest BCUT2D eigenvalue weighted by atomic mass is 16.5. The van der Waals surface area contributed by atoms with Crippen molar-refractivity contribution in [1.82, 2.24) is 19.9 Å². The van der Waals surface area contributed by atoms with Gasteiger partial charge >= 0.3 is 0 Å². The van der Waals surface area contributed by atoms with Gasteiger partial charge in [0.15, 0.2) is 12.2 Å². The number of aryl methyl sites for hydroxylation is 1. The van der Waals surface area contributed by atoms with Crippen LogP contribution in [0.3, 0.4) is 0 Å². The third kappa shape index (κ3) is 3.27. The number of hydrogen-bond donors (Lipinski definition) is 0. The van der Waals surface area contributed by atoms with Crippen LogP contribution in [0.1, 0.15) is 28.1 Å². The highest BCUT2D eigenvalue weighted by Crippen LogP contribution is 2.25. The molecule has 1 atom stereocenters. The molecule has 26 heavy (non-hydrogen) atoms. The Morgan fingerprint density at radius 2 is 1.96 bits per heavy atom. The summed E-state index contributed by atoms with van der Waals surface area (Å²) in [6, 6.07) is 1.52. The van der Waals surface area contributed by atoms with Crippen LogP contribution in [0.2, 0.25) is 0 Å². The van der Waals surface area contributed by atoms with Crippen molar-refractivity contribution in [3.05, 3.63) is 35.9 Å². The van der Waals surface area contributed by atoms with Gasteiger partial charge in [-0.3, -0.25) is 4.79 Å². The minimum Gasteiger partial charge on any atom is -0.438 e. The molecule has 0 aliphatic carbocycles. The molecule has 9 nitrogen and oxygen atoms in total. The van der Waals surface area contributed by atoms with Crippen molar-refractivity contribution in [3.63, 3.8) is 0 Å². The Morgan fingerprint density at radius 1 is 1.15 bits per heavy atom. The fraction of sp³-hybridized carbons (Fsp3) is 0.529. The number of hydrogen-bond acceptors (Lipinski definition) is 8. The third-order valence-corrected chi connectivity index (χ3v) is 4.62. The molecular formula is C17H21N5O4. The summed E-state index contributed by atoms with van der Waals surface area (Å²) in [5.41, 5.74) is 0.572. The number of anilines is 1. The quantitative estimate of drug-likeness (QED) is 0.795. The number of nitrogens with zero attached hydrogens (tertiary/aromatic N) is 5. The summed E-state index contributed by atoms with van der Waals surface area (Å²) >= 11 is 0. The highest BCUT2D eigenvalue weighted by molar-refractivity contribution is 5.92. The van der Waals surface area contributed by atoms with E-state index in [-0.39, 0.29) is 17.7 Å². The topological polar surface area (TPSA) is 93.8 Å². The van der Waals surface area contributed by atoms with Gasteiger partial charge < -0.3 is 23.7 Å². The standard InChI is InChI=1S/C17H21N5O4/c1-12-15(26-11-19-12)17(23)22-6-9-25-10-13(22)16-18-3-2-14(20-16)21-4-7-24-8-5-21/h2-3,11,13H,4-10H2,1H3/t13-/m1/s1. The van der Waals surface area contributed by atoms with Gasteiger partial charge in [-0.15, -0.1) is 0 Å². The van der Waals surface area contributed by atoms with E-state index in [2.05, 4.69) is 14.9 Å². The molecule has 2 saturated heterocycles. The van der Waals surface area contributed by atoms with Crippen molar-refractivity contribution in [2.75, 3.05) is 51.0 Å². The molecule has 2 fully saturated rings. The fourth-order valence-electron chi connectivity index (χ4n) is 3.19. The van der Waals surface area contributed by atoms with E-state index in [0.29, 0.717) is 44.5 Å². The van der Waals surface area contributed by atoms with E-state index in [0.717, 1.165) is 18.9 Å². The van der Waals surface area contributed by atoms with E-state index in [4.69, 9.17) is 18.9 Å². The number of morpholine rings is 2. The van der Waals surface area contributed by atoms with E-state index in [9.17, 15) is 4.79 Å². The van der Waals surface area contributed by atoms with Crippen LogP contribution in [0, 0.1) is 6.92 Å². The third-order valence-electron chi connectivity index (χ3n) is 4.62. The molecule has 0 spiro atoms. The zero-order valence-electron chi connectivity index (χ0n) is 14.6. The van der Waals surface area contributed by atoms with Gasteiger partial charge in [-0.25, -0.2) is 15.0 Å². The van der Waals surface area contributed by atoms with E-state index in [1.807, 2.05) is 6.07 Å². The first-order valence-corrected chi connectivity index (χ1v) is 8.68. The number of carbonyl (C=O) groups excluding carboxylic acids is 1. The maximum Gasteiger partial charge on any atom is 0.292 e. The highest BCUT2D eigenvalue weighted by Gasteiger charge is 2.34. The molecule has 0 radical (unpaired) electrons. The predicted octanol–water partition coefficient (Wildman–Crippen LogP) is 0.823. The van der Waals surface area contributed by atoms with Gasteiger partial charge in [0.2, 0.25) is 5.76 Å². The summed E-state index contributed by atoms with van der Waals surface area (Å²) in [7, 11) is 0. The van der Waals surface area contributed by atoms with E-state index in [1.54, 1.807) is 18.0 Å². The monoisotopic (exact) mass is 359 g/mol. The minimum absolute atomic E-state index is 0.214. The molecule has 0 bridgehead atoms. The molecule has 2 aliphatic rings. The average Bonchev–Trinajstić information content (AvgIpc) is 3.14. The smallest absolute Gasteiger partial charge is 0.292 e. The lowest BCUT2D eigenvalue weighted by molar-refractivity contribution is -0.00679. The van der Waals surface area contributed by atoms with Crippen molar-refractivity contribution in [2.45, 2.75) is 13.0 Å². The molecular weight excluding hydrogens is 338 g/mol. The van der Waals surface area contributed by atoms with Crippen LogP contribution in [-0.2, 0) is 9.47 Å². The van der Waals surface area contributed by atoms with Crippen LogP contribution in [0.15, 0.2) is 23.1 Å². The van der Waals surface area contributed by atoms with Gasteiger partial charge in [-0.05, 0) is 13.0 Å². The van der Waals surface area contributed by atoms with Crippen LogP contribution in [0.25, 0.3) is 0 Å². The van der Waals surface area contributed by atoms with Gasteiger partial charge in [-0.2, -0.15) is 0 Å². The summed E-state index contributed by atoms with van der Waals surface area (Å²) in [5, 5.41) is 0. The summed E-state index contributed by atoms with van der Waals surface area (Å²) < 4.78 is 16.3. The molecule has 1 amide bonds. The Bertz CT molecular complexity index is 774. The van der Waals surface area contributed by atoms with Gasteiger partial charge in [0.05, 0.1) is 32.1 Å². The maximum atomic E-state index is 12.9. The Morgan fingerprint density at radius 3 is 2.73 bits per heavy atom.